The molecule has 88 valence electrons. The van der Waals surface area contributed by atoms with E-state index in [0.717, 1.165) is 19.6 Å². The van der Waals surface area contributed by atoms with E-state index in [1.54, 1.807) is 6.07 Å². The van der Waals surface area contributed by atoms with Gasteiger partial charge in [-0.05, 0) is 68.9 Å². The fraction of sp³-hybridized carbons (Fsp3) is 0.0833. The lowest BCUT2D eigenvalue weighted by atomic mass is 10.3. The summed E-state index contributed by atoms with van der Waals surface area (Å²) in [4.78, 5) is 4.31. The number of anilines is 1. The summed E-state index contributed by atoms with van der Waals surface area (Å²) in [5, 5.41) is 3.23. The monoisotopic (exact) mass is 406 g/mol. The van der Waals surface area contributed by atoms with Crippen LogP contribution in [0, 0.1) is 9.39 Å². The van der Waals surface area contributed by atoms with Gasteiger partial charge in [0.2, 0.25) is 0 Å². The lowest BCUT2D eigenvalue weighted by Crippen LogP contribution is -2.03. The molecule has 0 aliphatic heterocycles. The predicted octanol–water partition coefficient (Wildman–Crippen LogP) is 4.20. The highest BCUT2D eigenvalue weighted by atomic mass is 127. The Morgan fingerprint density at radius 2 is 2.12 bits per heavy atom. The largest absolute Gasteiger partial charge is 0.379 e. The molecule has 0 unspecified atom stereocenters. The van der Waals surface area contributed by atoms with Crippen molar-refractivity contribution >= 4 is 44.2 Å². The second-order valence-corrected chi connectivity index (χ2v) is 5.40. The Morgan fingerprint density at radius 3 is 2.82 bits per heavy atom. The molecular formula is C12H9BrFIN2. The fourth-order valence-corrected chi connectivity index (χ4v) is 2.42. The summed E-state index contributed by atoms with van der Waals surface area (Å²) in [6.07, 6.45) is 0. The van der Waals surface area contributed by atoms with Crippen molar-refractivity contribution in [3.8, 4) is 0 Å². The van der Waals surface area contributed by atoms with Gasteiger partial charge in [0.05, 0.1) is 12.2 Å². The number of hydrogen-bond donors (Lipinski definition) is 1. The molecule has 0 fully saturated rings. The van der Waals surface area contributed by atoms with Crippen molar-refractivity contribution < 1.29 is 4.39 Å². The normalized spacial score (nSPS) is 10.3. The molecular weight excluding hydrogens is 398 g/mol. The number of halogens is 3. The molecule has 1 N–H and O–H groups in total. The van der Waals surface area contributed by atoms with Crippen molar-refractivity contribution in [1.82, 2.24) is 4.98 Å². The van der Waals surface area contributed by atoms with Crippen LogP contribution in [0.2, 0.25) is 0 Å². The van der Waals surface area contributed by atoms with Gasteiger partial charge in [0.1, 0.15) is 10.4 Å². The van der Waals surface area contributed by atoms with E-state index in [0.29, 0.717) is 6.54 Å². The average molecular weight is 407 g/mol. The third-order valence-corrected chi connectivity index (χ3v) is 3.50. The topological polar surface area (TPSA) is 24.9 Å². The van der Waals surface area contributed by atoms with Gasteiger partial charge in [-0.25, -0.2) is 9.37 Å². The van der Waals surface area contributed by atoms with Crippen molar-refractivity contribution in [2.45, 2.75) is 6.54 Å². The Kier molecular flexibility index (Phi) is 4.33. The van der Waals surface area contributed by atoms with Crippen LogP contribution in [-0.4, -0.2) is 4.98 Å². The summed E-state index contributed by atoms with van der Waals surface area (Å²) >= 11 is 5.43. The Morgan fingerprint density at radius 1 is 1.29 bits per heavy atom. The first-order chi connectivity index (χ1) is 8.15. The molecule has 17 heavy (non-hydrogen) atoms. The molecule has 0 atom stereocenters. The minimum absolute atomic E-state index is 0.222. The quantitative estimate of drug-likeness (QED) is 0.610. The molecule has 2 aromatic rings. The highest BCUT2D eigenvalue weighted by Gasteiger charge is 2.01. The molecule has 0 aliphatic rings. The lowest BCUT2D eigenvalue weighted by molar-refractivity contribution is 0.627. The van der Waals surface area contributed by atoms with Crippen LogP contribution in [0.5, 0.6) is 0 Å². The average Bonchev–Trinajstić information content (AvgIpc) is 2.28. The van der Waals surface area contributed by atoms with Gasteiger partial charge < -0.3 is 5.32 Å². The van der Waals surface area contributed by atoms with Gasteiger partial charge in [-0.3, -0.25) is 0 Å². The van der Waals surface area contributed by atoms with Crippen molar-refractivity contribution in [3.05, 3.63) is 56.1 Å². The molecule has 0 spiro atoms. The Hall–Kier alpha value is -0.690. The van der Waals surface area contributed by atoms with Gasteiger partial charge in [0.25, 0.3) is 0 Å². The minimum atomic E-state index is -0.222. The summed E-state index contributed by atoms with van der Waals surface area (Å²) in [6.45, 7) is 0.612. The highest BCUT2D eigenvalue weighted by Crippen LogP contribution is 2.19. The molecule has 0 aliphatic carbocycles. The van der Waals surface area contributed by atoms with Gasteiger partial charge in [-0.2, -0.15) is 0 Å². The number of rotatable bonds is 3. The first kappa shape index (κ1) is 12.8. The number of benzene rings is 1. The zero-order valence-electron chi connectivity index (χ0n) is 8.75. The summed E-state index contributed by atoms with van der Waals surface area (Å²) in [6, 6.07) is 10.4. The van der Waals surface area contributed by atoms with E-state index in [1.807, 2.05) is 18.2 Å². The molecule has 0 amide bonds. The van der Waals surface area contributed by atoms with Crippen LogP contribution < -0.4 is 5.32 Å². The van der Waals surface area contributed by atoms with Crippen LogP contribution in [0.15, 0.2) is 41.0 Å². The van der Waals surface area contributed by atoms with E-state index < -0.39 is 0 Å². The van der Waals surface area contributed by atoms with Crippen molar-refractivity contribution in [3.63, 3.8) is 0 Å². The molecule has 0 radical (unpaired) electrons. The van der Waals surface area contributed by atoms with Crippen LogP contribution in [0.25, 0.3) is 0 Å². The van der Waals surface area contributed by atoms with Crippen LogP contribution in [-0.2, 0) is 6.54 Å². The number of pyridine rings is 1. The molecule has 0 saturated heterocycles. The van der Waals surface area contributed by atoms with Gasteiger partial charge in [0.15, 0.2) is 0 Å². The molecule has 1 aromatic heterocycles. The van der Waals surface area contributed by atoms with E-state index in [2.05, 4.69) is 48.8 Å². The van der Waals surface area contributed by atoms with E-state index in [-0.39, 0.29) is 5.82 Å². The minimum Gasteiger partial charge on any atom is -0.379 e. The first-order valence-corrected chi connectivity index (χ1v) is 6.83. The van der Waals surface area contributed by atoms with E-state index in [1.165, 1.54) is 12.1 Å². The zero-order valence-corrected chi connectivity index (χ0v) is 12.5. The molecule has 5 heteroatoms. The second kappa shape index (κ2) is 5.77. The second-order valence-electron chi connectivity index (χ2n) is 3.43. The molecule has 0 saturated carbocycles. The smallest absolute Gasteiger partial charge is 0.124 e. The zero-order chi connectivity index (χ0) is 12.3. The maximum absolute atomic E-state index is 12.9. The highest BCUT2D eigenvalue weighted by molar-refractivity contribution is 14.1. The third kappa shape index (κ3) is 3.64. The summed E-state index contributed by atoms with van der Waals surface area (Å²) in [7, 11) is 0. The van der Waals surface area contributed by atoms with Gasteiger partial charge in [-0.15, -0.1) is 0 Å². The van der Waals surface area contributed by atoms with Crippen LogP contribution in [0.4, 0.5) is 10.1 Å². The van der Waals surface area contributed by atoms with E-state index in [9.17, 15) is 4.39 Å². The predicted molar refractivity (Wildman–Crippen MR) is 78.4 cm³/mol. The first-order valence-electron chi connectivity index (χ1n) is 4.95. The molecule has 2 nitrogen and oxygen atoms in total. The van der Waals surface area contributed by atoms with Gasteiger partial charge in [0, 0.05) is 9.26 Å². The van der Waals surface area contributed by atoms with Gasteiger partial charge in [-0.1, -0.05) is 6.07 Å². The lowest BCUT2D eigenvalue weighted by Gasteiger charge is -2.08. The third-order valence-electron chi connectivity index (χ3n) is 2.16. The summed E-state index contributed by atoms with van der Waals surface area (Å²) < 4.78 is 14.6. The van der Waals surface area contributed by atoms with Crippen LogP contribution in [0.1, 0.15) is 5.69 Å². The van der Waals surface area contributed by atoms with Crippen molar-refractivity contribution in [1.29, 1.82) is 0 Å². The maximum Gasteiger partial charge on any atom is 0.124 e. The molecule has 1 heterocycles. The SMILES string of the molecule is Fc1ccc(NCc2cccc(Br)n2)c(I)c1. The van der Waals surface area contributed by atoms with Crippen molar-refractivity contribution in [2.75, 3.05) is 5.32 Å². The Balaban J connectivity index is 2.07. The summed E-state index contributed by atoms with van der Waals surface area (Å²) in [5.74, 6) is -0.222. The number of hydrogen-bond acceptors (Lipinski definition) is 2. The van der Waals surface area contributed by atoms with Crippen LogP contribution in [0.3, 0.4) is 0 Å². The fourth-order valence-electron chi connectivity index (χ4n) is 1.37. The Bertz CT molecular complexity index is 534. The number of nitrogens with zero attached hydrogens (tertiary/aromatic N) is 1. The molecule has 2 rings (SSSR count). The molecule has 0 bridgehead atoms. The number of aromatic nitrogens is 1. The van der Waals surface area contributed by atoms with Crippen molar-refractivity contribution in [2.24, 2.45) is 0 Å². The number of nitrogens with one attached hydrogen (secondary N) is 1. The standard InChI is InChI=1S/C12H9BrFIN2/c13-12-3-1-2-9(17-12)7-16-11-5-4-8(14)6-10(11)15/h1-6,16H,7H2. The van der Waals surface area contributed by atoms with E-state index in [4.69, 9.17) is 0 Å². The van der Waals surface area contributed by atoms with Crippen LogP contribution >= 0.6 is 38.5 Å². The van der Waals surface area contributed by atoms with Gasteiger partial charge >= 0.3 is 0 Å². The van der Waals surface area contributed by atoms with E-state index >= 15 is 0 Å². The summed E-state index contributed by atoms with van der Waals surface area (Å²) in [5.41, 5.74) is 1.84. The maximum atomic E-state index is 12.9. The molecule has 1 aromatic carbocycles. The Labute approximate surface area is 121 Å².